The van der Waals surface area contributed by atoms with Crippen LogP contribution in [0.15, 0.2) is 60.9 Å². The van der Waals surface area contributed by atoms with Crippen LogP contribution in [0.1, 0.15) is 29.5 Å². The van der Waals surface area contributed by atoms with E-state index in [4.69, 9.17) is 9.47 Å². The van der Waals surface area contributed by atoms with E-state index in [1.165, 1.54) is 0 Å². The lowest BCUT2D eigenvalue weighted by molar-refractivity contribution is -0.118. The van der Waals surface area contributed by atoms with Crippen LogP contribution in [0.5, 0.6) is 11.5 Å². The summed E-state index contributed by atoms with van der Waals surface area (Å²) in [6.45, 7) is 2.45. The fourth-order valence-corrected chi connectivity index (χ4v) is 2.66. The Morgan fingerprint density at radius 3 is 2.34 bits per heavy atom. The van der Waals surface area contributed by atoms with Gasteiger partial charge in [0.25, 0.3) is 5.91 Å². The zero-order valence-electron chi connectivity index (χ0n) is 16.4. The molecule has 0 aliphatic heterocycles. The zero-order valence-corrected chi connectivity index (χ0v) is 16.4. The highest BCUT2D eigenvalue weighted by atomic mass is 16.5. The average Bonchev–Trinajstić information content (AvgIpc) is 3.17. The Morgan fingerprint density at radius 1 is 1.03 bits per heavy atom. The number of amides is 1. The van der Waals surface area contributed by atoms with Crippen molar-refractivity contribution in [2.24, 2.45) is 7.05 Å². The molecule has 7 heteroatoms. The molecule has 0 fully saturated rings. The van der Waals surface area contributed by atoms with Gasteiger partial charge in [0.2, 0.25) is 5.78 Å². The Morgan fingerprint density at radius 2 is 1.72 bits per heavy atom. The summed E-state index contributed by atoms with van der Waals surface area (Å²) >= 11 is 0. The Hall–Kier alpha value is -3.61. The Bertz CT molecular complexity index is 980. The van der Waals surface area contributed by atoms with Crippen molar-refractivity contribution in [3.05, 3.63) is 72.3 Å². The molecule has 1 amide bonds. The lowest BCUT2D eigenvalue weighted by atomic mass is 10.1. The summed E-state index contributed by atoms with van der Waals surface area (Å²) in [5.74, 6) is 1.01. The molecule has 0 saturated heterocycles. The van der Waals surface area contributed by atoms with Crippen LogP contribution in [0.2, 0.25) is 0 Å². The number of benzene rings is 2. The molecule has 7 nitrogen and oxygen atoms in total. The first-order valence-corrected chi connectivity index (χ1v) is 9.35. The fourth-order valence-electron chi connectivity index (χ4n) is 2.66. The number of hydrogen-bond acceptors (Lipinski definition) is 5. The third-order valence-electron chi connectivity index (χ3n) is 4.12. The minimum absolute atomic E-state index is 0.152. The first-order valence-electron chi connectivity index (χ1n) is 9.35. The maximum absolute atomic E-state index is 12.4. The zero-order chi connectivity index (χ0) is 20.6. The predicted molar refractivity (Wildman–Crippen MR) is 109 cm³/mol. The molecule has 2 aromatic carbocycles. The maximum Gasteiger partial charge on any atom is 0.262 e. The summed E-state index contributed by atoms with van der Waals surface area (Å²) < 4.78 is 12.9. The summed E-state index contributed by atoms with van der Waals surface area (Å²) in [7, 11) is 1.76. The van der Waals surface area contributed by atoms with E-state index in [0.717, 1.165) is 6.42 Å². The Balaban J connectivity index is 1.56. The Labute approximate surface area is 169 Å². The largest absolute Gasteiger partial charge is 0.490 e. The second-order valence-corrected chi connectivity index (χ2v) is 6.40. The predicted octanol–water partition coefficient (Wildman–Crippen LogP) is 3.46. The van der Waals surface area contributed by atoms with E-state index in [1.54, 1.807) is 60.4 Å². The highest BCUT2D eigenvalue weighted by Crippen LogP contribution is 2.26. The van der Waals surface area contributed by atoms with Gasteiger partial charge in [-0.05, 0) is 42.8 Å². The molecule has 0 spiro atoms. The van der Waals surface area contributed by atoms with Crippen LogP contribution in [-0.2, 0) is 11.8 Å². The van der Waals surface area contributed by atoms with Gasteiger partial charge in [-0.2, -0.15) is 0 Å². The second-order valence-electron chi connectivity index (χ2n) is 6.40. The van der Waals surface area contributed by atoms with Gasteiger partial charge in [0.1, 0.15) is 0 Å². The number of aromatic nitrogens is 2. The van der Waals surface area contributed by atoms with Crippen LogP contribution < -0.4 is 14.8 Å². The van der Waals surface area contributed by atoms with E-state index >= 15 is 0 Å². The van der Waals surface area contributed by atoms with Crippen molar-refractivity contribution in [3.8, 4) is 11.5 Å². The van der Waals surface area contributed by atoms with Crippen molar-refractivity contribution in [3.63, 3.8) is 0 Å². The standard InChI is InChI=1S/C22H23N3O4/c1-3-14-28-18-6-4-5-7-19(18)29-15-20(26)24-17-10-8-16(9-11-17)21(27)22-23-12-13-25(22)2/h4-13H,3,14-15H2,1-2H3,(H,24,26). The van der Waals surface area contributed by atoms with Gasteiger partial charge < -0.3 is 19.4 Å². The lowest BCUT2D eigenvalue weighted by Gasteiger charge is -2.12. The number of aryl methyl sites for hydroxylation is 1. The molecule has 3 rings (SSSR count). The van der Waals surface area contributed by atoms with Crippen molar-refractivity contribution in [2.45, 2.75) is 13.3 Å². The highest BCUT2D eigenvalue weighted by Gasteiger charge is 2.14. The normalized spacial score (nSPS) is 10.4. The molecule has 0 saturated carbocycles. The fraction of sp³-hybridized carbons (Fsp3) is 0.227. The molecular formula is C22H23N3O4. The van der Waals surface area contributed by atoms with Gasteiger partial charge in [-0.3, -0.25) is 9.59 Å². The smallest absolute Gasteiger partial charge is 0.262 e. The lowest BCUT2D eigenvalue weighted by Crippen LogP contribution is -2.20. The monoisotopic (exact) mass is 393 g/mol. The summed E-state index contributed by atoms with van der Waals surface area (Å²) in [5, 5.41) is 2.75. The minimum Gasteiger partial charge on any atom is -0.490 e. The summed E-state index contributed by atoms with van der Waals surface area (Å²) in [4.78, 5) is 28.7. The molecule has 0 bridgehead atoms. The Kier molecular flexibility index (Phi) is 6.63. The molecule has 1 N–H and O–H groups in total. The second kappa shape index (κ2) is 9.54. The molecular weight excluding hydrogens is 370 g/mol. The van der Waals surface area contributed by atoms with Gasteiger partial charge in [-0.15, -0.1) is 0 Å². The number of imidazole rings is 1. The van der Waals surface area contributed by atoms with E-state index in [0.29, 0.717) is 35.2 Å². The first kappa shape index (κ1) is 20.1. The van der Waals surface area contributed by atoms with Crippen LogP contribution in [0, 0.1) is 0 Å². The van der Waals surface area contributed by atoms with Crippen molar-refractivity contribution in [2.75, 3.05) is 18.5 Å². The quantitative estimate of drug-likeness (QED) is 0.563. The highest BCUT2D eigenvalue weighted by molar-refractivity contribution is 6.07. The third kappa shape index (κ3) is 5.22. The topological polar surface area (TPSA) is 82.4 Å². The van der Waals surface area contributed by atoms with Gasteiger partial charge in [-0.25, -0.2) is 4.98 Å². The number of para-hydroxylation sites is 2. The molecule has 0 aliphatic rings. The van der Waals surface area contributed by atoms with Crippen LogP contribution in [0.25, 0.3) is 0 Å². The SMILES string of the molecule is CCCOc1ccccc1OCC(=O)Nc1ccc(C(=O)c2nccn2C)cc1. The summed E-state index contributed by atoms with van der Waals surface area (Å²) in [6, 6.07) is 13.9. The van der Waals surface area contributed by atoms with Crippen molar-refractivity contribution in [1.29, 1.82) is 0 Å². The van der Waals surface area contributed by atoms with Crippen LogP contribution in [0.4, 0.5) is 5.69 Å². The van der Waals surface area contributed by atoms with Gasteiger partial charge >= 0.3 is 0 Å². The average molecular weight is 393 g/mol. The molecule has 1 aromatic heterocycles. The van der Waals surface area contributed by atoms with Crippen molar-refractivity contribution in [1.82, 2.24) is 9.55 Å². The number of anilines is 1. The number of ether oxygens (including phenoxy) is 2. The number of hydrogen-bond donors (Lipinski definition) is 1. The van der Waals surface area contributed by atoms with Crippen molar-refractivity contribution < 1.29 is 19.1 Å². The van der Waals surface area contributed by atoms with E-state index in [-0.39, 0.29) is 18.3 Å². The molecule has 150 valence electrons. The van der Waals surface area contributed by atoms with Gasteiger partial charge in [0, 0.05) is 30.7 Å². The molecule has 0 unspecified atom stereocenters. The number of ketones is 1. The third-order valence-corrected chi connectivity index (χ3v) is 4.12. The van der Waals surface area contributed by atoms with Gasteiger partial charge in [0.05, 0.1) is 6.61 Å². The van der Waals surface area contributed by atoms with Crippen LogP contribution in [0.3, 0.4) is 0 Å². The molecule has 0 aliphatic carbocycles. The maximum atomic E-state index is 12.4. The number of rotatable bonds is 9. The van der Waals surface area contributed by atoms with Gasteiger partial charge in [0.15, 0.2) is 23.9 Å². The number of nitrogens with one attached hydrogen (secondary N) is 1. The number of carbonyl (C=O) groups is 2. The van der Waals surface area contributed by atoms with E-state index in [9.17, 15) is 9.59 Å². The van der Waals surface area contributed by atoms with E-state index in [2.05, 4.69) is 10.3 Å². The first-order chi connectivity index (χ1) is 14.1. The molecule has 0 atom stereocenters. The summed E-state index contributed by atoms with van der Waals surface area (Å²) in [6.07, 6.45) is 4.17. The van der Waals surface area contributed by atoms with Crippen molar-refractivity contribution >= 4 is 17.4 Å². The van der Waals surface area contributed by atoms with E-state index < -0.39 is 0 Å². The molecule has 29 heavy (non-hydrogen) atoms. The molecule has 1 heterocycles. The number of carbonyl (C=O) groups excluding carboxylic acids is 2. The van der Waals surface area contributed by atoms with Crippen LogP contribution in [-0.4, -0.2) is 34.5 Å². The minimum atomic E-state index is -0.307. The van der Waals surface area contributed by atoms with Gasteiger partial charge in [-0.1, -0.05) is 19.1 Å². The summed E-state index contributed by atoms with van der Waals surface area (Å²) in [5.41, 5.74) is 1.07. The van der Waals surface area contributed by atoms with Crippen LogP contribution >= 0.6 is 0 Å². The molecule has 0 radical (unpaired) electrons. The number of nitrogens with zero attached hydrogens (tertiary/aromatic N) is 2. The molecule has 3 aromatic rings. The van der Waals surface area contributed by atoms with E-state index in [1.807, 2.05) is 19.1 Å².